The summed E-state index contributed by atoms with van der Waals surface area (Å²) in [7, 11) is 0. The number of likely N-dealkylation sites (tertiary alicyclic amines) is 2. The molecule has 2 unspecified atom stereocenters. The van der Waals surface area contributed by atoms with E-state index in [0.717, 1.165) is 37.2 Å². The quantitative estimate of drug-likeness (QED) is 0.224. The van der Waals surface area contributed by atoms with E-state index in [2.05, 4.69) is 28.9 Å². The van der Waals surface area contributed by atoms with E-state index >= 15 is 0 Å². The number of aromatic nitrogens is 3. The Bertz CT molecular complexity index is 1740. The predicted octanol–water partition coefficient (Wildman–Crippen LogP) is 7.20. The highest BCUT2D eigenvalue weighted by atomic mass is 35.5. The molecule has 6 rings (SSSR count). The van der Waals surface area contributed by atoms with Gasteiger partial charge in [-0.1, -0.05) is 29.3 Å². The molecule has 2 aromatic heterocycles. The monoisotopic (exact) mass is 637 g/mol. The molecule has 2 fully saturated rings. The van der Waals surface area contributed by atoms with Gasteiger partial charge in [-0.15, -0.1) is 0 Å². The van der Waals surface area contributed by atoms with Gasteiger partial charge in [0, 0.05) is 43.0 Å². The van der Waals surface area contributed by atoms with Crippen LogP contribution in [0.4, 0.5) is 4.39 Å². The summed E-state index contributed by atoms with van der Waals surface area (Å²) in [5, 5.41) is 0.838. The lowest BCUT2D eigenvalue weighted by Gasteiger charge is -2.39. The Morgan fingerprint density at radius 1 is 0.864 bits per heavy atom. The molecule has 1 amide bonds. The molecule has 0 saturated carbocycles. The average Bonchev–Trinajstić information content (AvgIpc) is 3.32. The average molecular weight is 639 g/mol. The second kappa shape index (κ2) is 12.7. The minimum Gasteiger partial charge on any atom is -0.342 e. The molecule has 4 heterocycles. The van der Waals surface area contributed by atoms with E-state index in [0.29, 0.717) is 47.0 Å². The van der Waals surface area contributed by atoms with Gasteiger partial charge in [-0.2, -0.15) is 0 Å². The number of pyridine rings is 1. The molecule has 2 aliphatic heterocycles. The number of amides is 1. The van der Waals surface area contributed by atoms with E-state index in [4.69, 9.17) is 23.2 Å². The summed E-state index contributed by atoms with van der Waals surface area (Å²) in [5.74, 6) is -0.157. The first-order valence-corrected chi connectivity index (χ1v) is 16.2. The summed E-state index contributed by atoms with van der Waals surface area (Å²) in [6.45, 7) is 9.10. The molecule has 2 aromatic carbocycles. The van der Waals surface area contributed by atoms with Crippen molar-refractivity contribution in [3.63, 3.8) is 0 Å². The van der Waals surface area contributed by atoms with Crippen molar-refractivity contribution >= 4 is 40.1 Å². The third kappa shape index (κ3) is 5.92. The maximum absolute atomic E-state index is 14.5. The lowest BCUT2D eigenvalue weighted by Crippen LogP contribution is -2.46. The number of benzene rings is 2. The van der Waals surface area contributed by atoms with Crippen molar-refractivity contribution in [2.24, 2.45) is 5.92 Å². The van der Waals surface area contributed by atoms with E-state index in [1.807, 2.05) is 31.0 Å². The first kappa shape index (κ1) is 30.8. The summed E-state index contributed by atoms with van der Waals surface area (Å²) >= 11 is 12.4. The molecule has 44 heavy (non-hydrogen) atoms. The highest BCUT2D eigenvalue weighted by Crippen LogP contribution is 2.33. The topological polar surface area (TPSA) is 63.4 Å². The number of hydrogen-bond acceptors (Lipinski definition) is 4. The third-order valence-corrected chi connectivity index (χ3v) is 10.4. The fraction of sp³-hybridized carbons (Fsp3) is 0.441. The summed E-state index contributed by atoms with van der Waals surface area (Å²) < 4.78 is 17.9. The van der Waals surface area contributed by atoms with Crippen molar-refractivity contribution in [3.8, 4) is 0 Å². The highest BCUT2D eigenvalue weighted by Gasteiger charge is 2.34. The van der Waals surface area contributed by atoms with Crippen LogP contribution in [0.1, 0.15) is 74.5 Å². The van der Waals surface area contributed by atoms with Gasteiger partial charge >= 0.3 is 5.69 Å². The van der Waals surface area contributed by atoms with Crippen LogP contribution in [0.25, 0.3) is 11.0 Å². The van der Waals surface area contributed by atoms with Crippen LogP contribution in [0.15, 0.2) is 59.5 Å². The van der Waals surface area contributed by atoms with Crippen molar-refractivity contribution in [2.45, 2.75) is 64.6 Å². The Kier molecular flexibility index (Phi) is 8.86. The molecule has 232 valence electrons. The number of rotatable bonds is 6. The van der Waals surface area contributed by atoms with Crippen molar-refractivity contribution in [3.05, 3.63) is 97.9 Å². The largest absolute Gasteiger partial charge is 0.342 e. The van der Waals surface area contributed by atoms with Gasteiger partial charge in [0.25, 0.3) is 0 Å². The van der Waals surface area contributed by atoms with Crippen molar-refractivity contribution in [1.82, 2.24) is 23.9 Å². The van der Waals surface area contributed by atoms with Crippen LogP contribution in [0.3, 0.4) is 0 Å². The number of aryl methyl sites for hydroxylation is 1. The molecule has 7 nitrogen and oxygen atoms in total. The Balaban J connectivity index is 1.14. The maximum Gasteiger partial charge on any atom is 0.329 e. The summed E-state index contributed by atoms with van der Waals surface area (Å²) in [4.78, 5) is 36.3. The molecule has 0 aliphatic carbocycles. The van der Waals surface area contributed by atoms with E-state index in [-0.39, 0.29) is 35.6 Å². The first-order valence-electron chi connectivity index (χ1n) is 15.4. The normalized spacial score (nSPS) is 18.5. The number of carbonyl (C=O) groups is 1. The number of piperidine rings is 2. The SMILES string of the molecule is Cc1cc(C(C)N2CCC(C(=O)N3CCC(n4c(=O)n(C(C)c5ccc(Cl)c(Cl)c5)c5cc(F)ccc54)CC3)CC2)ccn1. The minimum atomic E-state index is -0.401. The zero-order valence-electron chi connectivity index (χ0n) is 25.3. The fourth-order valence-electron chi connectivity index (χ4n) is 7.04. The fourth-order valence-corrected chi connectivity index (χ4v) is 7.34. The lowest BCUT2D eigenvalue weighted by atomic mass is 9.92. The van der Waals surface area contributed by atoms with E-state index < -0.39 is 5.82 Å². The second-order valence-electron chi connectivity index (χ2n) is 12.3. The van der Waals surface area contributed by atoms with Crippen LogP contribution in [0.2, 0.25) is 10.0 Å². The Morgan fingerprint density at radius 3 is 2.25 bits per heavy atom. The zero-order chi connectivity index (χ0) is 31.1. The van der Waals surface area contributed by atoms with Crippen LogP contribution in [-0.2, 0) is 4.79 Å². The summed E-state index contributed by atoms with van der Waals surface area (Å²) in [6.07, 6.45) is 4.89. The maximum atomic E-state index is 14.5. The van der Waals surface area contributed by atoms with E-state index in [1.54, 1.807) is 27.3 Å². The smallest absolute Gasteiger partial charge is 0.329 e. The molecule has 2 atom stereocenters. The molecular formula is C34H38Cl2FN5O2. The standard InChI is InChI=1S/C34H38Cl2FN5O2/c1-21-18-26(8-13-38-21)22(2)39-14-9-24(10-15-39)33(43)40-16-11-28(12-17-40)42-31-7-5-27(37)20-32(31)41(34(42)44)23(3)25-4-6-29(35)30(36)19-25/h4-8,13,18-20,22-24,28H,9-12,14-17H2,1-3H3. The van der Waals surface area contributed by atoms with Gasteiger partial charge in [-0.25, -0.2) is 9.18 Å². The molecule has 2 aliphatic rings. The van der Waals surface area contributed by atoms with Gasteiger partial charge in [0.05, 0.1) is 27.1 Å². The Hall–Kier alpha value is -3.20. The predicted molar refractivity (Wildman–Crippen MR) is 173 cm³/mol. The van der Waals surface area contributed by atoms with Crippen molar-refractivity contribution < 1.29 is 9.18 Å². The first-order chi connectivity index (χ1) is 21.1. The second-order valence-corrected chi connectivity index (χ2v) is 13.1. The number of carbonyl (C=O) groups excluding carboxylic acids is 1. The number of nitrogens with zero attached hydrogens (tertiary/aromatic N) is 5. The molecule has 0 spiro atoms. The number of hydrogen-bond donors (Lipinski definition) is 0. The third-order valence-electron chi connectivity index (χ3n) is 9.65. The van der Waals surface area contributed by atoms with Gasteiger partial charge in [0.1, 0.15) is 5.82 Å². The molecule has 2 saturated heterocycles. The number of halogens is 3. The molecule has 0 N–H and O–H groups in total. The van der Waals surface area contributed by atoms with Gasteiger partial charge in [0.2, 0.25) is 5.91 Å². The van der Waals surface area contributed by atoms with Gasteiger partial charge in [-0.05, 0) is 113 Å². The van der Waals surface area contributed by atoms with Crippen LogP contribution in [-0.4, -0.2) is 56.0 Å². The van der Waals surface area contributed by atoms with Crippen molar-refractivity contribution in [1.29, 1.82) is 0 Å². The molecule has 10 heteroatoms. The summed E-state index contributed by atoms with van der Waals surface area (Å²) in [5.41, 5.74) is 4.12. The van der Waals surface area contributed by atoms with Gasteiger partial charge < -0.3 is 4.90 Å². The zero-order valence-corrected chi connectivity index (χ0v) is 26.9. The van der Waals surface area contributed by atoms with Crippen molar-refractivity contribution in [2.75, 3.05) is 26.2 Å². The summed E-state index contributed by atoms with van der Waals surface area (Å²) in [6, 6.07) is 13.8. The molecule has 0 bridgehead atoms. The minimum absolute atomic E-state index is 0.0221. The van der Waals surface area contributed by atoms with Crippen LogP contribution in [0.5, 0.6) is 0 Å². The van der Waals surface area contributed by atoms with Crippen LogP contribution >= 0.6 is 23.2 Å². The lowest BCUT2D eigenvalue weighted by molar-refractivity contribution is -0.138. The van der Waals surface area contributed by atoms with E-state index in [1.165, 1.54) is 17.7 Å². The highest BCUT2D eigenvalue weighted by molar-refractivity contribution is 6.42. The van der Waals surface area contributed by atoms with E-state index in [9.17, 15) is 14.0 Å². The van der Waals surface area contributed by atoms with Crippen LogP contribution < -0.4 is 5.69 Å². The molecular weight excluding hydrogens is 600 g/mol. The number of imidazole rings is 1. The molecule has 4 aromatic rings. The Morgan fingerprint density at radius 2 is 1.57 bits per heavy atom. The van der Waals surface area contributed by atoms with Gasteiger partial charge in [0.15, 0.2) is 0 Å². The van der Waals surface area contributed by atoms with Crippen LogP contribution in [0, 0.1) is 18.7 Å². The number of fused-ring (bicyclic) bond motifs is 1. The molecule has 0 radical (unpaired) electrons. The Labute approximate surface area is 267 Å². The van der Waals surface area contributed by atoms with Gasteiger partial charge in [-0.3, -0.25) is 23.8 Å².